The van der Waals surface area contributed by atoms with Crippen LogP contribution in [0.3, 0.4) is 0 Å². The summed E-state index contributed by atoms with van der Waals surface area (Å²) in [6.07, 6.45) is 0. The lowest BCUT2D eigenvalue weighted by atomic mass is 10.0. The summed E-state index contributed by atoms with van der Waals surface area (Å²) in [5.41, 5.74) is -1.15. The number of urea groups is 1. The third-order valence-corrected chi connectivity index (χ3v) is 10.1. The number of halogens is 1. The molecule has 3 aromatic rings. The Morgan fingerprint density at radius 2 is 1.81 bits per heavy atom. The highest BCUT2D eigenvalue weighted by molar-refractivity contribution is 8.01. The molecule has 1 aromatic heterocycles. The zero-order chi connectivity index (χ0) is 34.0. The van der Waals surface area contributed by atoms with Gasteiger partial charge in [0.05, 0.1) is 10.6 Å². The van der Waals surface area contributed by atoms with E-state index >= 15 is 0 Å². The van der Waals surface area contributed by atoms with Crippen molar-refractivity contribution in [1.29, 1.82) is 0 Å². The second kappa shape index (κ2) is 13.9. The van der Waals surface area contributed by atoms with Gasteiger partial charge in [-0.1, -0.05) is 65.8 Å². The van der Waals surface area contributed by atoms with E-state index in [0.29, 0.717) is 11.1 Å². The molecular weight excluding hydrogens is 674 g/mol. The molecule has 5 amide bonds. The highest BCUT2D eigenvalue weighted by Crippen LogP contribution is 2.41. The molecule has 1 unspecified atom stereocenters. The van der Waals surface area contributed by atoms with Crippen LogP contribution >= 0.6 is 35.1 Å². The Bertz CT molecular complexity index is 1930. The van der Waals surface area contributed by atoms with Gasteiger partial charge in [0.1, 0.15) is 23.2 Å². The molecule has 3 atom stereocenters. The van der Waals surface area contributed by atoms with Crippen LogP contribution in [0.25, 0.3) is 0 Å². The van der Waals surface area contributed by atoms with E-state index in [9.17, 15) is 38.7 Å². The van der Waals surface area contributed by atoms with Gasteiger partial charge in [0.2, 0.25) is 5.91 Å². The van der Waals surface area contributed by atoms with Crippen molar-refractivity contribution in [3.05, 3.63) is 103 Å². The number of fused-ring (bicyclic) bond motifs is 1. The highest BCUT2D eigenvalue weighted by atomic mass is 35.5. The topological polar surface area (TPSA) is 204 Å². The first kappa shape index (κ1) is 33.5. The molecule has 1 fully saturated rings. The Morgan fingerprint density at radius 1 is 1.13 bits per heavy atom. The summed E-state index contributed by atoms with van der Waals surface area (Å²) in [6.45, 7) is 0. The standard InChI is InChI=1S/C29H26ClN7O8S2/c1-35(23(40)16-10-6-7-11-17(16)30)28(45)32-18(14-8-4-3-5-9-14)21(38)31-19-24(41)37-20(27(43)44)15(12-46-26(19)37)13-47-29-34-33-22(39)25(42)36(29)2/h3-11,18-19,26H,12-13H2,1-2H3,(H,31,38)(H,32,45)(H,33,39)(H,43,44)/t18?,19-,26-/m0/s1. The van der Waals surface area contributed by atoms with Gasteiger partial charge in [-0.2, -0.15) is 0 Å². The summed E-state index contributed by atoms with van der Waals surface area (Å²) < 4.78 is 1.04. The van der Waals surface area contributed by atoms with Gasteiger partial charge in [-0.25, -0.2) is 14.7 Å². The molecule has 0 saturated carbocycles. The Kier molecular flexibility index (Phi) is 9.88. The summed E-state index contributed by atoms with van der Waals surface area (Å²) in [5, 5.41) is 20.6. The summed E-state index contributed by atoms with van der Waals surface area (Å²) in [5.74, 6) is -3.25. The fourth-order valence-corrected chi connectivity index (χ4v) is 7.47. The SMILES string of the molecule is CN(C(=O)NC(C(=O)N[C@H]1C(=O)N2C(C(=O)O)=C(CSc3n[nH]c(=O)c(=O)n3C)CS[C@@H]12)c1ccccc1)C(=O)c1ccccc1Cl. The van der Waals surface area contributed by atoms with Crippen molar-refractivity contribution in [2.24, 2.45) is 7.05 Å². The van der Waals surface area contributed by atoms with Crippen molar-refractivity contribution in [3.8, 4) is 0 Å². The van der Waals surface area contributed by atoms with Crippen molar-refractivity contribution in [2.75, 3.05) is 18.6 Å². The molecule has 18 heteroatoms. The van der Waals surface area contributed by atoms with E-state index in [1.807, 2.05) is 0 Å². The summed E-state index contributed by atoms with van der Waals surface area (Å²) in [4.78, 5) is 90.7. The molecule has 0 bridgehead atoms. The number of aliphatic carboxylic acids is 1. The molecule has 0 spiro atoms. The molecular formula is C29H26ClN7O8S2. The molecule has 15 nitrogen and oxygen atoms in total. The quantitative estimate of drug-likeness (QED) is 0.142. The maximum Gasteiger partial charge on any atom is 0.352 e. The third kappa shape index (κ3) is 6.68. The molecule has 244 valence electrons. The van der Waals surface area contributed by atoms with Gasteiger partial charge in [0, 0.05) is 25.6 Å². The first-order valence-corrected chi connectivity index (χ1v) is 16.2. The zero-order valence-corrected chi connectivity index (χ0v) is 27.0. The number of hydrogen-bond acceptors (Lipinski definition) is 10. The minimum Gasteiger partial charge on any atom is -0.477 e. The van der Waals surface area contributed by atoms with Gasteiger partial charge in [-0.3, -0.25) is 38.3 Å². The average Bonchev–Trinajstić information content (AvgIpc) is 3.07. The monoisotopic (exact) mass is 699 g/mol. The summed E-state index contributed by atoms with van der Waals surface area (Å²) >= 11 is 8.36. The van der Waals surface area contributed by atoms with Crippen LogP contribution < -0.4 is 21.8 Å². The van der Waals surface area contributed by atoms with Crippen LogP contribution in [0.5, 0.6) is 0 Å². The fraction of sp³-hybridized carbons (Fsp3) is 0.241. The number of rotatable bonds is 9. The number of H-pyrrole nitrogens is 1. The summed E-state index contributed by atoms with van der Waals surface area (Å²) in [7, 11) is 2.59. The van der Waals surface area contributed by atoms with Crippen LogP contribution in [-0.4, -0.2) is 89.4 Å². The number of carboxylic acid groups (broad SMARTS) is 1. The molecule has 1 saturated heterocycles. The second-order valence-corrected chi connectivity index (χ2v) is 12.7. The van der Waals surface area contributed by atoms with E-state index in [2.05, 4.69) is 20.8 Å². The number of carbonyl (C=O) groups excluding carboxylic acids is 4. The average molecular weight is 700 g/mol. The predicted octanol–water partition coefficient (Wildman–Crippen LogP) is 1.18. The van der Waals surface area contributed by atoms with Crippen molar-refractivity contribution < 1.29 is 29.1 Å². The number of β-lactam (4-membered cyclic amide) rings is 1. The number of nitrogens with one attached hydrogen (secondary N) is 3. The van der Waals surface area contributed by atoms with Crippen molar-refractivity contribution in [1.82, 2.24) is 35.2 Å². The van der Waals surface area contributed by atoms with Gasteiger partial charge in [0.15, 0.2) is 5.16 Å². The Hall–Kier alpha value is -4.87. The number of aromatic nitrogens is 3. The largest absolute Gasteiger partial charge is 0.477 e. The molecule has 47 heavy (non-hydrogen) atoms. The molecule has 2 aliphatic rings. The number of imide groups is 1. The normalized spacial score (nSPS) is 17.7. The van der Waals surface area contributed by atoms with E-state index in [-0.39, 0.29) is 32.9 Å². The van der Waals surface area contributed by atoms with Crippen molar-refractivity contribution in [2.45, 2.75) is 22.6 Å². The molecule has 0 radical (unpaired) electrons. The maximum absolute atomic E-state index is 13.6. The van der Waals surface area contributed by atoms with Crippen molar-refractivity contribution >= 4 is 64.8 Å². The minimum absolute atomic E-state index is 0.0526. The van der Waals surface area contributed by atoms with E-state index in [4.69, 9.17) is 11.6 Å². The van der Waals surface area contributed by atoms with E-state index < -0.39 is 58.3 Å². The van der Waals surface area contributed by atoms with Crippen LogP contribution in [0.4, 0.5) is 4.79 Å². The van der Waals surface area contributed by atoms with E-state index in [1.165, 1.54) is 38.0 Å². The van der Waals surface area contributed by atoms with Gasteiger partial charge < -0.3 is 15.7 Å². The lowest BCUT2D eigenvalue weighted by Crippen LogP contribution is -2.71. The lowest BCUT2D eigenvalue weighted by Gasteiger charge is -2.49. The number of benzene rings is 2. The van der Waals surface area contributed by atoms with Gasteiger partial charge >= 0.3 is 23.1 Å². The number of amides is 5. The maximum atomic E-state index is 13.6. The van der Waals surface area contributed by atoms with Crippen LogP contribution in [-0.2, 0) is 21.4 Å². The van der Waals surface area contributed by atoms with Gasteiger partial charge in [-0.05, 0) is 23.3 Å². The number of carboxylic acids is 1. The first-order valence-electron chi connectivity index (χ1n) is 13.8. The Labute approximate surface area is 279 Å². The van der Waals surface area contributed by atoms with Gasteiger partial charge in [0.25, 0.3) is 11.8 Å². The van der Waals surface area contributed by atoms with Gasteiger partial charge in [-0.15, -0.1) is 16.9 Å². The lowest BCUT2D eigenvalue weighted by molar-refractivity contribution is -0.151. The Balaban J connectivity index is 1.31. The predicted molar refractivity (Wildman–Crippen MR) is 172 cm³/mol. The minimum atomic E-state index is -1.35. The zero-order valence-electron chi connectivity index (χ0n) is 24.6. The Morgan fingerprint density at radius 3 is 2.49 bits per heavy atom. The molecule has 2 aliphatic heterocycles. The molecule has 4 N–H and O–H groups in total. The second-order valence-electron chi connectivity index (χ2n) is 10.3. The molecule has 0 aliphatic carbocycles. The van der Waals surface area contributed by atoms with E-state index in [1.54, 1.807) is 42.5 Å². The summed E-state index contributed by atoms with van der Waals surface area (Å²) in [6, 6.07) is 11.0. The molecule has 2 aromatic carbocycles. The third-order valence-electron chi connectivity index (χ3n) is 7.34. The van der Waals surface area contributed by atoms with Crippen molar-refractivity contribution in [3.63, 3.8) is 0 Å². The highest BCUT2D eigenvalue weighted by Gasteiger charge is 2.54. The van der Waals surface area contributed by atoms with Crippen LogP contribution in [0.2, 0.25) is 5.02 Å². The first-order chi connectivity index (χ1) is 22.4. The number of nitrogens with zero attached hydrogens (tertiary/aromatic N) is 4. The smallest absolute Gasteiger partial charge is 0.352 e. The fourth-order valence-electron chi connectivity index (χ4n) is 4.85. The van der Waals surface area contributed by atoms with Crippen LogP contribution in [0.1, 0.15) is 22.0 Å². The van der Waals surface area contributed by atoms with Crippen LogP contribution in [0, 0.1) is 0 Å². The van der Waals surface area contributed by atoms with E-state index in [0.717, 1.165) is 26.1 Å². The molecule has 5 rings (SSSR count). The number of hydrogen-bond donors (Lipinski definition) is 4. The van der Waals surface area contributed by atoms with Crippen LogP contribution in [0.15, 0.2) is 80.6 Å². The molecule has 3 heterocycles. The number of thioether (sulfide) groups is 2. The number of carbonyl (C=O) groups is 5. The number of aromatic amines is 1.